The molecule has 0 spiro atoms. The maximum atomic E-state index is 13.2. The highest BCUT2D eigenvalue weighted by Gasteiger charge is 2.21. The van der Waals surface area contributed by atoms with E-state index in [4.69, 9.17) is 0 Å². The first-order chi connectivity index (χ1) is 12.5. The third-order valence-corrected chi connectivity index (χ3v) is 4.79. The number of nitrogens with two attached hydrogens (primary N) is 1. The zero-order valence-corrected chi connectivity index (χ0v) is 16.2. The molecule has 140 valence electrons. The van der Waals surface area contributed by atoms with Crippen LogP contribution >= 0.6 is 0 Å². The molecule has 3 nitrogen and oxygen atoms in total. The molecule has 2 aromatic carbocycles. The Morgan fingerprint density at radius 2 is 1.62 bits per heavy atom. The lowest BCUT2D eigenvalue weighted by atomic mass is 9.96. The molecule has 0 radical (unpaired) electrons. The number of halogens is 1. The Bertz CT molecular complexity index is 703. The fourth-order valence-corrected chi connectivity index (χ4v) is 3.31. The van der Waals surface area contributed by atoms with Crippen LogP contribution in [0.2, 0.25) is 0 Å². The normalized spacial score (nSPS) is 12.2. The lowest BCUT2D eigenvalue weighted by Crippen LogP contribution is -2.88. The number of carbonyl (C=O) groups excluding carboxylic acids is 1. The molecule has 0 aromatic heterocycles. The third kappa shape index (κ3) is 5.15. The van der Waals surface area contributed by atoms with Crippen molar-refractivity contribution in [1.29, 1.82) is 0 Å². The molecule has 0 unspecified atom stereocenters. The fraction of sp³-hybridized carbons (Fsp3) is 0.409. The van der Waals surface area contributed by atoms with Crippen molar-refractivity contribution in [2.45, 2.75) is 46.6 Å². The van der Waals surface area contributed by atoms with Crippen molar-refractivity contribution in [1.82, 2.24) is 0 Å². The fourth-order valence-electron chi connectivity index (χ4n) is 3.31. The van der Waals surface area contributed by atoms with Gasteiger partial charge in [0.05, 0.1) is 0 Å². The minimum absolute atomic E-state index is 0.00615. The molecule has 0 bridgehead atoms. The van der Waals surface area contributed by atoms with Crippen molar-refractivity contribution < 1.29 is 14.5 Å². The molecule has 0 saturated heterocycles. The molecule has 26 heavy (non-hydrogen) atoms. The van der Waals surface area contributed by atoms with E-state index in [9.17, 15) is 9.18 Å². The zero-order valence-electron chi connectivity index (χ0n) is 16.2. The number of carbonyl (C=O) groups is 1. The van der Waals surface area contributed by atoms with Gasteiger partial charge in [0.15, 0.2) is 6.54 Å². The van der Waals surface area contributed by atoms with E-state index in [1.807, 2.05) is 11.4 Å². The Morgan fingerprint density at radius 1 is 1.04 bits per heavy atom. The van der Waals surface area contributed by atoms with Crippen molar-refractivity contribution in [2.24, 2.45) is 5.92 Å². The average Bonchev–Trinajstić information content (AvgIpc) is 2.63. The highest BCUT2D eigenvalue weighted by atomic mass is 19.1. The van der Waals surface area contributed by atoms with E-state index in [0.29, 0.717) is 12.5 Å². The number of quaternary nitrogens is 1. The molecule has 0 heterocycles. The third-order valence-electron chi connectivity index (χ3n) is 4.79. The van der Waals surface area contributed by atoms with Crippen LogP contribution in [0.15, 0.2) is 42.5 Å². The topological polar surface area (TPSA) is 45.7 Å². The molecule has 4 heteroatoms. The largest absolute Gasteiger partial charge is 0.332 e. The van der Waals surface area contributed by atoms with Crippen LogP contribution < -0.4 is 10.6 Å². The molecule has 0 aliphatic rings. The van der Waals surface area contributed by atoms with Gasteiger partial charge in [0.2, 0.25) is 0 Å². The summed E-state index contributed by atoms with van der Waals surface area (Å²) < 4.78 is 13.2. The van der Waals surface area contributed by atoms with Crippen LogP contribution in [0.1, 0.15) is 50.4 Å². The maximum Gasteiger partial charge on any atom is 0.279 e. The zero-order chi connectivity index (χ0) is 19.1. The highest BCUT2D eigenvalue weighted by Crippen LogP contribution is 2.22. The first-order valence-corrected chi connectivity index (χ1v) is 9.45. The number of hydrogen-bond acceptors (Lipinski definition) is 1. The summed E-state index contributed by atoms with van der Waals surface area (Å²) in [4.78, 5) is 12.6. The number of amides is 1. The summed E-state index contributed by atoms with van der Waals surface area (Å²) in [5.74, 6) is 0.0908. The van der Waals surface area contributed by atoms with E-state index >= 15 is 0 Å². The molecule has 0 aliphatic heterocycles. The van der Waals surface area contributed by atoms with E-state index in [1.54, 1.807) is 12.1 Å². The van der Waals surface area contributed by atoms with Crippen LogP contribution in [0.3, 0.4) is 0 Å². The van der Waals surface area contributed by atoms with Crippen LogP contribution in [0.25, 0.3) is 0 Å². The standard InChI is InChI=1S/C22H29FN2O/c1-5-16-8-7-9-17(6-2)22(16)25-20(26)14-24-21(15(3)4)18-10-12-19(23)13-11-18/h7-13,15,21,24H,5-6,14H2,1-4H3,(H,25,26)/p+1/t21-/m1/s1. The molecule has 3 N–H and O–H groups in total. The van der Waals surface area contributed by atoms with Gasteiger partial charge in [-0.3, -0.25) is 4.79 Å². The number of para-hydroxylation sites is 1. The molecule has 1 atom stereocenters. The van der Waals surface area contributed by atoms with Gasteiger partial charge in [-0.05, 0) is 36.1 Å². The minimum atomic E-state index is -0.239. The molecule has 2 aromatic rings. The van der Waals surface area contributed by atoms with Gasteiger partial charge in [-0.25, -0.2) is 4.39 Å². The van der Waals surface area contributed by atoms with Crippen LogP contribution in [0.4, 0.5) is 10.1 Å². The van der Waals surface area contributed by atoms with Crippen molar-refractivity contribution >= 4 is 11.6 Å². The van der Waals surface area contributed by atoms with Gasteiger partial charge in [0.25, 0.3) is 5.91 Å². The number of nitrogens with one attached hydrogen (secondary N) is 1. The number of hydrogen-bond donors (Lipinski definition) is 2. The van der Waals surface area contributed by atoms with Gasteiger partial charge in [0.1, 0.15) is 11.9 Å². The number of rotatable bonds is 8. The molecule has 2 rings (SSSR count). The van der Waals surface area contributed by atoms with Gasteiger partial charge in [0, 0.05) is 17.2 Å². The Hall–Kier alpha value is -2.20. The Balaban J connectivity index is 2.06. The quantitative estimate of drug-likeness (QED) is 0.741. The Kier molecular flexibility index (Phi) is 7.34. The number of anilines is 1. The van der Waals surface area contributed by atoms with Gasteiger partial charge >= 0.3 is 0 Å². The Morgan fingerprint density at radius 3 is 2.12 bits per heavy atom. The van der Waals surface area contributed by atoms with E-state index in [1.165, 1.54) is 12.1 Å². The smallest absolute Gasteiger partial charge is 0.279 e. The van der Waals surface area contributed by atoms with Crippen molar-refractivity contribution in [3.8, 4) is 0 Å². The predicted octanol–water partition coefficient (Wildman–Crippen LogP) is 3.85. The molecule has 0 aliphatic carbocycles. The van der Waals surface area contributed by atoms with Crippen LogP contribution in [0.5, 0.6) is 0 Å². The highest BCUT2D eigenvalue weighted by molar-refractivity contribution is 5.93. The van der Waals surface area contributed by atoms with Crippen LogP contribution in [-0.2, 0) is 17.6 Å². The summed E-state index contributed by atoms with van der Waals surface area (Å²) >= 11 is 0. The van der Waals surface area contributed by atoms with Crippen LogP contribution in [-0.4, -0.2) is 12.5 Å². The van der Waals surface area contributed by atoms with E-state index in [0.717, 1.165) is 35.2 Å². The van der Waals surface area contributed by atoms with Gasteiger partial charge in [-0.1, -0.05) is 58.0 Å². The van der Waals surface area contributed by atoms with E-state index < -0.39 is 0 Å². The summed E-state index contributed by atoms with van der Waals surface area (Å²) in [6.07, 6.45) is 1.77. The summed E-state index contributed by atoms with van der Waals surface area (Å²) in [6.45, 7) is 8.76. The monoisotopic (exact) mass is 357 g/mol. The average molecular weight is 357 g/mol. The second kappa shape index (κ2) is 9.48. The lowest BCUT2D eigenvalue weighted by Gasteiger charge is -2.20. The second-order valence-corrected chi connectivity index (χ2v) is 6.97. The first kappa shape index (κ1) is 20.1. The second-order valence-electron chi connectivity index (χ2n) is 6.97. The molecule has 1 amide bonds. The lowest BCUT2D eigenvalue weighted by molar-refractivity contribution is -0.692. The Labute approximate surface area is 156 Å². The molecule has 0 fully saturated rings. The van der Waals surface area contributed by atoms with E-state index in [-0.39, 0.29) is 17.8 Å². The van der Waals surface area contributed by atoms with E-state index in [2.05, 4.69) is 45.1 Å². The van der Waals surface area contributed by atoms with Crippen molar-refractivity contribution in [2.75, 3.05) is 11.9 Å². The minimum Gasteiger partial charge on any atom is -0.332 e. The summed E-state index contributed by atoms with van der Waals surface area (Å²) in [7, 11) is 0. The summed E-state index contributed by atoms with van der Waals surface area (Å²) in [5.41, 5.74) is 4.32. The van der Waals surface area contributed by atoms with Crippen molar-refractivity contribution in [3.05, 3.63) is 65.0 Å². The molecular weight excluding hydrogens is 327 g/mol. The predicted molar refractivity (Wildman–Crippen MR) is 105 cm³/mol. The first-order valence-electron chi connectivity index (χ1n) is 9.45. The summed E-state index contributed by atoms with van der Waals surface area (Å²) in [6, 6.07) is 12.8. The molecule has 0 saturated carbocycles. The molecular formula is C22H30FN2O+. The number of aryl methyl sites for hydroxylation is 2. The number of benzene rings is 2. The summed E-state index contributed by atoms with van der Waals surface area (Å²) in [5, 5.41) is 5.14. The maximum absolute atomic E-state index is 13.2. The van der Waals surface area contributed by atoms with Gasteiger partial charge in [-0.2, -0.15) is 0 Å². The van der Waals surface area contributed by atoms with Gasteiger partial charge < -0.3 is 10.6 Å². The van der Waals surface area contributed by atoms with Crippen LogP contribution in [0, 0.1) is 11.7 Å². The SMILES string of the molecule is CCc1cccc(CC)c1NC(=O)C[NH2+][C@@H](c1ccc(F)cc1)C(C)C. The van der Waals surface area contributed by atoms with Gasteiger partial charge in [-0.15, -0.1) is 0 Å². The van der Waals surface area contributed by atoms with Crippen molar-refractivity contribution in [3.63, 3.8) is 0 Å².